The molecule has 0 aliphatic carbocycles. The van der Waals surface area contributed by atoms with Crippen LogP contribution in [-0.2, 0) is 4.79 Å². The summed E-state index contributed by atoms with van der Waals surface area (Å²) in [6, 6.07) is 11.7. The molecule has 5 rings (SSSR count). The second kappa shape index (κ2) is 6.89. The highest BCUT2D eigenvalue weighted by atomic mass is 32.1. The minimum atomic E-state index is -0.623. The van der Waals surface area contributed by atoms with Crippen molar-refractivity contribution in [2.75, 3.05) is 11.9 Å². The van der Waals surface area contributed by atoms with E-state index >= 15 is 0 Å². The smallest absolute Gasteiger partial charge is 0.287 e. The molecule has 2 atom stereocenters. The molecule has 0 saturated carbocycles. The Morgan fingerprint density at radius 3 is 2.86 bits per heavy atom. The summed E-state index contributed by atoms with van der Waals surface area (Å²) in [7, 11) is 0. The van der Waals surface area contributed by atoms with Crippen LogP contribution >= 0.6 is 11.3 Å². The lowest BCUT2D eigenvalue weighted by Crippen LogP contribution is -2.41. The van der Waals surface area contributed by atoms with Gasteiger partial charge in [-0.2, -0.15) is 0 Å². The lowest BCUT2D eigenvalue weighted by Gasteiger charge is -2.20. The van der Waals surface area contributed by atoms with Gasteiger partial charge in [-0.25, -0.2) is 0 Å². The van der Waals surface area contributed by atoms with Gasteiger partial charge in [0.2, 0.25) is 5.91 Å². The van der Waals surface area contributed by atoms with E-state index in [1.165, 1.54) is 6.26 Å². The van der Waals surface area contributed by atoms with Crippen LogP contribution in [0.3, 0.4) is 0 Å². The first kappa shape index (κ1) is 17.7. The topological polar surface area (TPSA) is 91.7 Å². The molecule has 8 heteroatoms. The number of fused-ring (bicyclic) bond motifs is 2. The highest BCUT2D eigenvalue weighted by molar-refractivity contribution is 7.13. The number of benzene rings is 1. The van der Waals surface area contributed by atoms with Crippen molar-refractivity contribution < 1.29 is 18.8 Å². The molecule has 1 saturated heterocycles. The summed E-state index contributed by atoms with van der Waals surface area (Å²) >= 11 is 1.59. The predicted octanol–water partition coefficient (Wildman–Crippen LogP) is 2.97. The average Bonchev–Trinajstić information content (AvgIpc) is 3.47. The maximum absolute atomic E-state index is 13.3. The summed E-state index contributed by atoms with van der Waals surface area (Å²) in [5, 5.41) is 7.70. The number of carbonyl (C=O) groups excluding carboxylic acids is 3. The van der Waals surface area contributed by atoms with Crippen LogP contribution in [0.15, 0.2) is 58.5 Å². The third-order valence-corrected chi connectivity index (χ3v) is 6.18. The molecule has 2 N–H and O–H groups in total. The monoisotopic (exact) mass is 407 g/mol. The van der Waals surface area contributed by atoms with Gasteiger partial charge < -0.3 is 20.0 Å². The Labute approximate surface area is 170 Å². The van der Waals surface area contributed by atoms with E-state index in [4.69, 9.17) is 4.42 Å². The minimum absolute atomic E-state index is 0.203. The zero-order valence-electron chi connectivity index (χ0n) is 15.3. The van der Waals surface area contributed by atoms with E-state index in [0.717, 1.165) is 10.4 Å². The third kappa shape index (κ3) is 3.11. The Morgan fingerprint density at radius 1 is 1.21 bits per heavy atom. The maximum Gasteiger partial charge on any atom is 0.287 e. The number of rotatable bonds is 3. The zero-order chi connectivity index (χ0) is 20.0. The largest absolute Gasteiger partial charge is 0.459 e. The lowest BCUT2D eigenvalue weighted by atomic mass is 10.1. The van der Waals surface area contributed by atoms with Crippen LogP contribution in [0.4, 0.5) is 5.69 Å². The summed E-state index contributed by atoms with van der Waals surface area (Å²) in [6.45, 7) is 0.270. The molecule has 2 aromatic heterocycles. The van der Waals surface area contributed by atoms with Crippen LogP contribution in [0.25, 0.3) is 10.4 Å². The van der Waals surface area contributed by atoms with Gasteiger partial charge in [0, 0.05) is 17.5 Å². The van der Waals surface area contributed by atoms with Gasteiger partial charge in [-0.1, -0.05) is 12.1 Å². The van der Waals surface area contributed by atoms with Crippen molar-refractivity contribution in [3.8, 4) is 10.4 Å². The first-order valence-electron chi connectivity index (χ1n) is 9.24. The van der Waals surface area contributed by atoms with Crippen molar-refractivity contribution >= 4 is 34.7 Å². The van der Waals surface area contributed by atoms with Crippen molar-refractivity contribution in [2.45, 2.75) is 18.5 Å². The van der Waals surface area contributed by atoms with E-state index in [-0.39, 0.29) is 36.1 Å². The van der Waals surface area contributed by atoms with Crippen molar-refractivity contribution in [1.82, 2.24) is 10.2 Å². The standard InChI is InChI=1S/C21H17N3O4S/c25-19-16-10-13(22-20(26)17-3-1-7-28-17)11-24(16)21(27)14-9-12(5-6-15(14)23-19)18-4-2-8-29-18/h1-9,13,16H,10-11H2,(H,22,26)(H,23,25)/t13-,16-/m0/s1. The molecule has 29 heavy (non-hydrogen) atoms. The zero-order valence-corrected chi connectivity index (χ0v) is 16.1. The molecule has 4 heterocycles. The molecular weight excluding hydrogens is 390 g/mol. The summed E-state index contributed by atoms with van der Waals surface area (Å²) in [4.78, 5) is 40.9. The first-order valence-corrected chi connectivity index (χ1v) is 10.1. The molecule has 2 aliphatic rings. The molecule has 0 radical (unpaired) electrons. The van der Waals surface area contributed by atoms with E-state index in [1.54, 1.807) is 34.4 Å². The predicted molar refractivity (Wildman–Crippen MR) is 108 cm³/mol. The summed E-state index contributed by atoms with van der Waals surface area (Å²) in [6.07, 6.45) is 1.78. The van der Waals surface area contributed by atoms with E-state index in [0.29, 0.717) is 17.7 Å². The number of anilines is 1. The van der Waals surface area contributed by atoms with Crippen molar-refractivity contribution in [2.24, 2.45) is 0 Å². The van der Waals surface area contributed by atoms with E-state index < -0.39 is 6.04 Å². The van der Waals surface area contributed by atoms with E-state index in [9.17, 15) is 14.4 Å². The van der Waals surface area contributed by atoms with Crippen LogP contribution in [-0.4, -0.2) is 41.2 Å². The molecule has 0 unspecified atom stereocenters. The fourth-order valence-corrected chi connectivity index (χ4v) is 4.60. The van der Waals surface area contributed by atoms with Crippen molar-refractivity contribution in [3.63, 3.8) is 0 Å². The lowest BCUT2D eigenvalue weighted by molar-refractivity contribution is -0.119. The normalized spacial score (nSPS) is 20.6. The first-order chi connectivity index (χ1) is 14.1. The number of nitrogens with one attached hydrogen (secondary N) is 2. The van der Waals surface area contributed by atoms with Gasteiger partial charge in [0.05, 0.1) is 17.5 Å². The van der Waals surface area contributed by atoms with Gasteiger partial charge in [0.15, 0.2) is 5.76 Å². The van der Waals surface area contributed by atoms with Gasteiger partial charge in [-0.05, 0) is 47.7 Å². The minimum Gasteiger partial charge on any atom is -0.459 e. The molecule has 7 nitrogen and oxygen atoms in total. The van der Waals surface area contributed by atoms with Crippen LogP contribution in [0, 0.1) is 0 Å². The number of thiophene rings is 1. The Morgan fingerprint density at radius 2 is 2.10 bits per heavy atom. The Balaban J connectivity index is 1.41. The maximum atomic E-state index is 13.3. The fourth-order valence-electron chi connectivity index (χ4n) is 3.87. The van der Waals surface area contributed by atoms with Crippen molar-refractivity contribution in [1.29, 1.82) is 0 Å². The Bertz CT molecular complexity index is 1090. The third-order valence-electron chi connectivity index (χ3n) is 5.26. The molecular formula is C21H17N3O4S. The molecule has 1 fully saturated rings. The summed E-state index contributed by atoms with van der Waals surface area (Å²) < 4.78 is 5.11. The number of carbonyl (C=O) groups is 3. The molecule has 1 aromatic carbocycles. The van der Waals surface area contributed by atoms with Crippen LogP contribution in [0.1, 0.15) is 27.3 Å². The van der Waals surface area contributed by atoms with E-state index in [1.807, 2.05) is 29.6 Å². The second-order valence-corrected chi connectivity index (χ2v) is 8.03. The summed E-state index contributed by atoms with van der Waals surface area (Å²) in [5.74, 6) is -0.605. The van der Waals surface area contributed by atoms with Crippen molar-refractivity contribution in [3.05, 3.63) is 65.4 Å². The quantitative estimate of drug-likeness (QED) is 0.698. The molecule has 0 spiro atoms. The SMILES string of the molecule is O=C(N[C@H]1C[C@H]2C(=O)Nc3ccc(-c4cccs4)cc3C(=O)N2C1)c1ccco1. The highest BCUT2D eigenvalue weighted by Crippen LogP contribution is 2.33. The van der Waals surface area contributed by atoms with Gasteiger partial charge in [-0.3, -0.25) is 14.4 Å². The average molecular weight is 407 g/mol. The molecule has 3 amide bonds. The summed E-state index contributed by atoms with van der Waals surface area (Å²) in [5.41, 5.74) is 1.91. The second-order valence-electron chi connectivity index (χ2n) is 7.08. The number of hydrogen-bond donors (Lipinski definition) is 2. The van der Waals surface area contributed by atoms with Crippen LogP contribution < -0.4 is 10.6 Å². The van der Waals surface area contributed by atoms with Crippen LogP contribution in [0.5, 0.6) is 0 Å². The number of hydrogen-bond acceptors (Lipinski definition) is 5. The number of furan rings is 1. The van der Waals surface area contributed by atoms with Gasteiger partial charge >= 0.3 is 0 Å². The van der Waals surface area contributed by atoms with Gasteiger partial charge in [0.25, 0.3) is 11.8 Å². The Hall–Kier alpha value is -3.39. The van der Waals surface area contributed by atoms with Gasteiger partial charge in [-0.15, -0.1) is 11.3 Å². The Kier molecular flexibility index (Phi) is 4.21. The fraction of sp³-hybridized carbons (Fsp3) is 0.190. The molecule has 3 aromatic rings. The number of amides is 3. The molecule has 0 bridgehead atoms. The number of nitrogens with zero attached hydrogens (tertiary/aromatic N) is 1. The molecule has 146 valence electrons. The van der Waals surface area contributed by atoms with E-state index in [2.05, 4.69) is 10.6 Å². The highest BCUT2D eigenvalue weighted by Gasteiger charge is 2.43. The van der Waals surface area contributed by atoms with Crippen LogP contribution in [0.2, 0.25) is 0 Å². The van der Waals surface area contributed by atoms with Gasteiger partial charge in [0.1, 0.15) is 6.04 Å². The molecule has 2 aliphatic heterocycles.